The average molecular weight is 226 g/mol. The molecule has 16 heavy (non-hydrogen) atoms. The van der Waals surface area contributed by atoms with Crippen LogP contribution in [0.1, 0.15) is 27.6 Å². The summed E-state index contributed by atoms with van der Waals surface area (Å²) in [6, 6.07) is 16.9. The van der Waals surface area contributed by atoms with Gasteiger partial charge in [-0.2, -0.15) is 0 Å². The van der Waals surface area contributed by atoms with E-state index in [4.69, 9.17) is 11.6 Å². The van der Waals surface area contributed by atoms with E-state index >= 15 is 0 Å². The van der Waals surface area contributed by atoms with Gasteiger partial charge in [0.1, 0.15) is 0 Å². The lowest BCUT2D eigenvalue weighted by atomic mass is 9.86. The summed E-state index contributed by atoms with van der Waals surface area (Å²) in [5, 5.41) is 0.0196. The van der Waals surface area contributed by atoms with E-state index in [1.807, 2.05) is 0 Å². The third-order valence-electron chi connectivity index (χ3n) is 3.04. The van der Waals surface area contributed by atoms with Gasteiger partial charge in [-0.1, -0.05) is 48.5 Å². The molecule has 0 aliphatic heterocycles. The zero-order valence-corrected chi connectivity index (χ0v) is 9.61. The van der Waals surface area contributed by atoms with E-state index in [-0.39, 0.29) is 13.8 Å². The monoisotopic (exact) mass is 225 g/mol. The molecule has 3 radical (unpaired) electrons. The summed E-state index contributed by atoms with van der Waals surface area (Å²) in [5.41, 5.74) is 5.24. The number of halogens is 1. The fourth-order valence-electron chi connectivity index (χ4n) is 2.26. The van der Waals surface area contributed by atoms with Crippen molar-refractivity contribution in [1.82, 2.24) is 0 Å². The molecular formula is C14H11BCl. The van der Waals surface area contributed by atoms with Gasteiger partial charge in [0, 0.05) is 8.41 Å². The van der Waals surface area contributed by atoms with Crippen LogP contribution in [0.5, 0.6) is 0 Å². The quantitative estimate of drug-likeness (QED) is 0.475. The molecule has 0 N–H and O–H groups in total. The van der Waals surface area contributed by atoms with Crippen molar-refractivity contribution in [2.24, 2.45) is 0 Å². The van der Waals surface area contributed by atoms with E-state index in [1.54, 1.807) is 0 Å². The maximum Gasteiger partial charge on any atom is 0.0840 e. The molecule has 0 nitrogen and oxygen atoms in total. The van der Waals surface area contributed by atoms with Gasteiger partial charge in [-0.25, -0.2) is 0 Å². The molecule has 0 aromatic heterocycles. The summed E-state index contributed by atoms with van der Waals surface area (Å²) in [5.74, 6) is 0. The van der Waals surface area contributed by atoms with E-state index in [1.165, 1.54) is 22.3 Å². The Hall–Kier alpha value is -1.21. The van der Waals surface area contributed by atoms with Crippen LogP contribution in [0.2, 0.25) is 0 Å². The van der Waals surface area contributed by atoms with Crippen molar-refractivity contribution in [2.75, 3.05) is 0 Å². The lowest BCUT2D eigenvalue weighted by molar-refractivity contribution is 0.976. The largest absolute Gasteiger partial charge is 0.113 e. The minimum Gasteiger partial charge on any atom is -0.113 e. The Morgan fingerprint density at radius 1 is 0.812 bits per heavy atom. The number of benzene rings is 2. The number of hydrogen-bond donors (Lipinski definition) is 0. The molecule has 0 unspecified atom stereocenters. The Kier molecular flexibility index (Phi) is 3.07. The molecule has 0 amide bonds. The van der Waals surface area contributed by atoms with E-state index < -0.39 is 0 Å². The van der Waals surface area contributed by atoms with Crippen molar-refractivity contribution in [3.8, 4) is 0 Å². The van der Waals surface area contributed by atoms with Gasteiger partial charge < -0.3 is 0 Å². The predicted octanol–water partition coefficient (Wildman–Crippen LogP) is 3.54. The fraction of sp³-hybridized carbons (Fsp3) is 0.143. The maximum absolute atomic E-state index is 6.48. The molecule has 1 aliphatic rings. The molecule has 0 spiro atoms. The molecule has 0 bridgehead atoms. The second-order valence-electron chi connectivity index (χ2n) is 3.94. The van der Waals surface area contributed by atoms with Gasteiger partial charge in [0.25, 0.3) is 0 Å². The number of alkyl halides is 1. The van der Waals surface area contributed by atoms with Crippen molar-refractivity contribution in [3.63, 3.8) is 0 Å². The Morgan fingerprint density at radius 2 is 1.25 bits per heavy atom. The smallest absolute Gasteiger partial charge is 0.0840 e. The summed E-state index contributed by atoms with van der Waals surface area (Å²) >= 11 is 6.48. The highest BCUT2D eigenvalue weighted by Crippen LogP contribution is 2.38. The normalized spacial score (nSPS) is 13.6. The van der Waals surface area contributed by atoms with Gasteiger partial charge in [-0.05, 0) is 28.7 Å². The van der Waals surface area contributed by atoms with E-state index in [2.05, 4.69) is 48.5 Å². The van der Waals surface area contributed by atoms with Crippen molar-refractivity contribution >= 4 is 20.0 Å². The molecule has 0 atom stereocenters. The van der Waals surface area contributed by atoms with E-state index in [9.17, 15) is 0 Å². The van der Waals surface area contributed by atoms with Crippen molar-refractivity contribution in [1.29, 1.82) is 0 Å². The first kappa shape index (κ1) is 11.3. The molecule has 1 aliphatic carbocycles. The predicted molar refractivity (Wildman–Crippen MR) is 69.1 cm³/mol. The molecule has 3 rings (SSSR count). The van der Waals surface area contributed by atoms with Gasteiger partial charge in [-0.3, -0.25) is 0 Å². The molecule has 77 valence electrons. The third-order valence-corrected chi connectivity index (χ3v) is 3.51. The molecule has 0 saturated carbocycles. The van der Waals surface area contributed by atoms with Crippen molar-refractivity contribution in [3.05, 3.63) is 70.8 Å². The van der Waals surface area contributed by atoms with Crippen LogP contribution in [-0.2, 0) is 6.42 Å². The molecule has 2 aromatic rings. The molecule has 2 heteroatoms. The number of hydrogen-bond acceptors (Lipinski definition) is 0. The first-order valence-corrected chi connectivity index (χ1v) is 5.59. The zero-order valence-electron chi connectivity index (χ0n) is 8.86. The molecule has 0 saturated heterocycles. The summed E-state index contributed by atoms with van der Waals surface area (Å²) < 4.78 is 0. The van der Waals surface area contributed by atoms with Crippen molar-refractivity contribution in [2.45, 2.75) is 11.8 Å². The Morgan fingerprint density at radius 3 is 1.75 bits per heavy atom. The van der Waals surface area contributed by atoms with Crippen molar-refractivity contribution < 1.29 is 0 Å². The van der Waals surface area contributed by atoms with Gasteiger partial charge in [0.05, 0.1) is 5.38 Å². The maximum atomic E-state index is 6.48. The van der Waals surface area contributed by atoms with Crippen LogP contribution in [0.3, 0.4) is 0 Å². The number of rotatable bonds is 0. The first-order valence-electron chi connectivity index (χ1n) is 5.16. The summed E-state index contributed by atoms with van der Waals surface area (Å²) in [6.45, 7) is 0. The van der Waals surface area contributed by atoms with Gasteiger partial charge in [0.2, 0.25) is 0 Å². The highest BCUT2D eigenvalue weighted by atomic mass is 35.5. The van der Waals surface area contributed by atoms with Crippen LogP contribution < -0.4 is 0 Å². The molecule has 0 fully saturated rings. The lowest BCUT2D eigenvalue weighted by Crippen LogP contribution is -2.09. The minimum absolute atomic E-state index is 0. The minimum atomic E-state index is 0. The Bertz CT molecular complexity index is 462. The Balaban J connectivity index is 0.000000963. The summed E-state index contributed by atoms with van der Waals surface area (Å²) in [7, 11) is 0. The molecule has 2 aromatic carbocycles. The van der Waals surface area contributed by atoms with Gasteiger partial charge >= 0.3 is 0 Å². The molecular weight excluding hydrogens is 214 g/mol. The van der Waals surface area contributed by atoms with Crippen LogP contribution >= 0.6 is 11.6 Å². The van der Waals surface area contributed by atoms with E-state index in [0.717, 1.165) is 6.42 Å². The Labute approximate surface area is 103 Å². The first-order chi connectivity index (χ1) is 7.36. The third kappa shape index (κ3) is 1.66. The molecule has 0 heterocycles. The van der Waals surface area contributed by atoms with Gasteiger partial charge in [0.15, 0.2) is 0 Å². The van der Waals surface area contributed by atoms with Crippen LogP contribution in [0.25, 0.3) is 0 Å². The van der Waals surface area contributed by atoms with E-state index in [0.29, 0.717) is 0 Å². The SMILES string of the molecule is ClC1c2ccccc2Cc2ccccc21.[B]. The fourth-order valence-corrected chi connectivity index (χ4v) is 2.68. The van der Waals surface area contributed by atoms with Crippen LogP contribution in [0, 0.1) is 0 Å². The number of fused-ring (bicyclic) bond motifs is 2. The average Bonchev–Trinajstić information content (AvgIpc) is 2.30. The van der Waals surface area contributed by atoms with Crippen LogP contribution in [-0.4, -0.2) is 8.41 Å². The second kappa shape index (κ2) is 4.35. The van der Waals surface area contributed by atoms with Gasteiger partial charge in [-0.15, -0.1) is 11.6 Å². The topological polar surface area (TPSA) is 0 Å². The standard InChI is InChI=1S/C14H11Cl.B/c15-14-12-7-3-1-5-10(12)9-11-6-2-4-8-13(11)14;/h1-8,14H,9H2;. The highest BCUT2D eigenvalue weighted by molar-refractivity contribution is 6.23. The lowest BCUT2D eigenvalue weighted by Gasteiger charge is -2.23. The second-order valence-corrected chi connectivity index (χ2v) is 4.37. The summed E-state index contributed by atoms with van der Waals surface area (Å²) in [4.78, 5) is 0. The van der Waals surface area contributed by atoms with Crippen LogP contribution in [0.15, 0.2) is 48.5 Å². The summed E-state index contributed by atoms with van der Waals surface area (Å²) in [6.07, 6.45) is 1.01. The zero-order chi connectivity index (χ0) is 10.3. The highest BCUT2D eigenvalue weighted by Gasteiger charge is 2.22. The van der Waals surface area contributed by atoms with Crippen LogP contribution in [0.4, 0.5) is 0 Å².